The van der Waals surface area contributed by atoms with Gasteiger partial charge in [0.05, 0.1) is 5.69 Å². The Labute approximate surface area is 123 Å². The average molecular weight is 302 g/mol. The minimum Gasteiger partial charge on any atom is -0.297 e. The molecular formula is C14H11FN4OS. The van der Waals surface area contributed by atoms with E-state index in [9.17, 15) is 9.18 Å². The van der Waals surface area contributed by atoms with E-state index < -0.39 is 0 Å². The van der Waals surface area contributed by atoms with Crippen molar-refractivity contribution in [2.45, 2.75) is 6.92 Å². The average Bonchev–Trinajstić information content (AvgIpc) is 3.09. The number of nitrogens with zero attached hydrogens (tertiary/aromatic N) is 2. The summed E-state index contributed by atoms with van der Waals surface area (Å²) in [6, 6.07) is 7.53. The van der Waals surface area contributed by atoms with Gasteiger partial charge in [0.1, 0.15) is 11.5 Å². The number of hydrogen-bond acceptors (Lipinski definition) is 4. The van der Waals surface area contributed by atoms with Crippen molar-refractivity contribution in [2.24, 2.45) is 0 Å². The van der Waals surface area contributed by atoms with Crippen molar-refractivity contribution in [3.8, 4) is 11.3 Å². The van der Waals surface area contributed by atoms with E-state index in [4.69, 9.17) is 0 Å². The van der Waals surface area contributed by atoms with Gasteiger partial charge < -0.3 is 0 Å². The summed E-state index contributed by atoms with van der Waals surface area (Å²) in [7, 11) is 0. The van der Waals surface area contributed by atoms with E-state index in [0.29, 0.717) is 16.5 Å². The van der Waals surface area contributed by atoms with E-state index in [1.807, 2.05) is 6.92 Å². The molecule has 0 atom stereocenters. The molecule has 0 unspecified atom stereocenters. The van der Waals surface area contributed by atoms with Gasteiger partial charge >= 0.3 is 0 Å². The fourth-order valence-electron chi connectivity index (χ4n) is 1.78. The number of rotatable bonds is 3. The molecule has 21 heavy (non-hydrogen) atoms. The second-order valence-electron chi connectivity index (χ2n) is 4.40. The van der Waals surface area contributed by atoms with E-state index >= 15 is 0 Å². The predicted octanol–water partition coefficient (Wildman–Crippen LogP) is 3.23. The monoisotopic (exact) mass is 302 g/mol. The third-order valence-corrected chi connectivity index (χ3v) is 3.63. The molecule has 7 heteroatoms. The number of amides is 1. The Morgan fingerprint density at radius 3 is 2.76 bits per heavy atom. The minimum absolute atomic E-state index is 0.314. The standard InChI is InChI=1S/C14H11FN4OS/c1-8-7-16-14(21-8)17-13(20)12-6-11(18-19-12)9-2-4-10(15)5-3-9/h2-7H,1H3,(H,18,19)(H,16,17,20). The molecule has 0 aliphatic carbocycles. The van der Waals surface area contributed by atoms with Crippen LogP contribution in [0.2, 0.25) is 0 Å². The molecule has 0 aliphatic heterocycles. The number of thiazole rings is 1. The summed E-state index contributed by atoms with van der Waals surface area (Å²) in [5.41, 5.74) is 1.63. The number of anilines is 1. The Kier molecular flexibility index (Phi) is 3.49. The lowest BCUT2D eigenvalue weighted by Crippen LogP contribution is -2.11. The molecule has 0 aliphatic rings. The maximum absolute atomic E-state index is 12.9. The van der Waals surface area contributed by atoms with E-state index in [1.165, 1.54) is 23.5 Å². The second-order valence-corrected chi connectivity index (χ2v) is 5.64. The Morgan fingerprint density at radius 1 is 1.33 bits per heavy atom. The molecule has 3 rings (SSSR count). The molecule has 2 aromatic heterocycles. The molecule has 2 heterocycles. The van der Waals surface area contributed by atoms with Crippen LogP contribution in [0.25, 0.3) is 11.3 Å². The minimum atomic E-state index is -0.315. The molecule has 1 aromatic carbocycles. The van der Waals surface area contributed by atoms with Gasteiger partial charge in [-0.25, -0.2) is 9.37 Å². The van der Waals surface area contributed by atoms with Crippen molar-refractivity contribution < 1.29 is 9.18 Å². The molecule has 0 saturated carbocycles. The van der Waals surface area contributed by atoms with Crippen LogP contribution in [-0.2, 0) is 0 Å². The summed E-state index contributed by atoms with van der Waals surface area (Å²) in [4.78, 5) is 17.1. The molecule has 1 amide bonds. The number of carbonyl (C=O) groups is 1. The number of nitrogens with one attached hydrogen (secondary N) is 2. The molecule has 5 nitrogen and oxygen atoms in total. The Balaban J connectivity index is 1.78. The van der Waals surface area contributed by atoms with Gasteiger partial charge in [0.2, 0.25) is 0 Å². The Morgan fingerprint density at radius 2 is 2.10 bits per heavy atom. The first kappa shape index (κ1) is 13.4. The van der Waals surface area contributed by atoms with Crippen LogP contribution in [0.3, 0.4) is 0 Å². The number of aromatic nitrogens is 3. The summed E-state index contributed by atoms with van der Waals surface area (Å²) >= 11 is 1.40. The molecule has 0 fully saturated rings. The van der Waals surface area contributed by atoms with Crippen LogP contribution in [0.15, 0.2) is 36.5 Å². The summed E-state index contributed by atoms with van der Waals surface area (Å²) in [6.07, 6.45) is 1.69. The largest absolute Gasteiger partial charge is 0.297 e. The quantitative estimate of drug-likeness (QED) is 0.780. The topological polar surface area (TPSA) is 70.7 Å². The fraction of sp³-hybridized carbons (Fsp3) is 0.0714. The van der Waals surface area contributed by atoms with Crippen molar-refractivity contribution in [2.75, 3.05) is 5.32 Å². The van der Waals surface area contributed by atoms with E-state index in [-0.39, 0.29) is 11.7 Å². The van der Waals surface area contributed by atoms with Gasteiger partial charge in [0.15, 0.2) is 5.13 Å². The van der Waals surface area contributed by atoms with Crippen molar-refractivity contribution in [3.05, 3.63) is 52.9 Å². The van der Waals surface area contributed by atoms with Gasteiger partial charge in [-0.15, -0.1) is 11.3 Å². The molecule has 0 radical (unpaired) electrons. The zero-order chi connectivity index (χ0) is 14.8. The molecule has 106 valence electrons. The normalized spacial score (nSPS) is 10.6. The summed E-state index contributed by atoms with van der Waals surface area (Å²) < 4.78 is 12.9. The van der Waals surface area contributed by atoms with E-state index in [1.54, 1.807) is 24.4 Å². The number of halogens is 1. The number of H-pyrrole nitrogens is 1. The number of aromatic amines is 1. The van der Waals surface area contributed by atoms with Gasteiger partial charge in [-0.05, 0) is 37.3 Å². The first-order valence-corrected chi connectivity index (χ1v) is 6.98. The third kappa shape index (κ3) is 2.97. The molecule has 3 aromatic rings. The number of hydrogen-bond donors (Lipinski definition) is 2. The van der Waals surface area contributed by atoms with Crippen LogP contribution in [0.1, 0.15) is 15.4 Å². The fourth-order valence-corrected chi connectivity index (χ4v) is 2.44. The van der Waals surface area contributed by atoms with Crippen LogP contribution in [-0.4, -0.2) is 21.1 Å². The van der Waals surface area contributed by atoms with Crippen molar-refractivity contribution in [1.29, 1.82) is 0 Å². The third-order valence-electron chi connectivity index (χ3n) is 2.80. The van der Waals surface area contributed by atoms with Crippen LogP contribution in [0, 0.1) is 12.7 Å². The lowest BCUT2D eigenvalue weighted by atomic mass is 10.1. The SMILES string of the molecule is Cc1cnc(NC(=O)c2cc(-c3ccc(F)cc3)n[nH]2)s1. The van der Waals surface area contributed by atoms with Crippen LogP contribution in [0.4, 0.5) is 9.52 Å². The smallest absolute Gasteiger partial charge is 0.275 e. The molecular weight excluding hydrogens is 291 g/mol. The predicted molar refractivity (Wildman–Crippen MR) is 78.8 cm³/mol. The van der Waals surface area contributed by atoms with Gasteiger partial charge in [-0.3, -0.25) is 15.2 Å². The molecule has 0 bridgehead atoms. The Bertz CT molecular complexity index is 778. The number of carbonyl (C=O) groups excluding carboxylic acids is 1. The molecule has 0 saturated heterocycles. The van der Waals surface area contributed by atoms with Crippen LogP contribution < -0.4 is 5.32 Å². The first-order chi connectivity index (χ1) is 10.1. The lowest BCUT2D eigenvalue weighted by molar-refractivity contribution is 0.102. The zero-order valence-corrected chi connectivity index (χ0v) is 11.9. The number of aryl methyl sites for hydroxylation is 1. The zero-order valence-electron chi connectivity index (χ0n) is 11.1. The van der Waals surface area contributed by atoms with Crippen molar-refractivity contribution in [3.63, 3.8) is 0 Å². The number of benzene rings is 1. The molecule has 2 N–H and O–H groups in total. The maximum Gasteiger partial charge on any atom is 0.275 e. The van der Waals surface area contributed by atoms with Gasteiger partial charge in [-0.1, -0.05) is 0 Å². The van der Waals surface area contributed by atoms with Crippen LogP contribution >= 0.6 is 11.3 Å². The summed E-state index contributed by atoms with van der Waals surface area (Å²) in [5, 5.41) is 9.95. The Hall–Kier alpha value is -2.54. The highest BCUT2D eigenvalue weighted by Crippen LogP contribution is 2.20. The summed E-state index contributed by atoms with van der Waals surface area (Å²) in [6.45, 7) is 1.91. The van der Waals surface area contributed by atoms with Gasteiger partial charge in [0, 0.05) is 16.6 Å². The van der Waals surface area contributed by atoms with Gasteiger partial charge in [0.25, 0.3) is 5.91 Å². The highest BCUT2D eigenvalue weighted by molar-refractivity contribution is 7.15. The maximum atomic E-state index is 12.9. The highest BCUT2D eigenvalue weighted by atomic mass is 32.1. The van der Waals surface area contributed by atoms with E-state index in [0.717, 1.165) is 10.4 Å². The lowest BCUT2D eigenvalue weighted by Gasteiger charge is -1.97. The van der Waals surface area contributed by atoms with Crippen LogP contribution in [0.5, 0.6) is 0 Å². The van der Waals surface area contributed by atoms with E-state index in [2.05, 4.69) is 20.5 Å². The summed E-state index contributed by atoms with van der Waals surface area (Å²) in [5.74, 6) is -0.628. The molecule has 0 spiro atoms. The van der Waals surface area contributed by atoms with Crippen molar-refractivity contribution in [1.82, 2.24) is 15.2 Å². The van der Waals surface area contributed by atoms with Gasteiger partial charge in [-0.2, -0.15) is 5.10 Å². The second kappa shape index (κ2) is 5.45. The van der Waals surface area contributed by atoms with Crippen molar-refractivity contribution >= 4 is 22.4 Å². The highest BCUT2D eigenvalue weighted by Gasteiger charge is 2.12. The first-order valence-electron chi connectivity index (χ1n) is 6.17.